The van der Waals surface area contributed by atoms with E-state index in [4.69, 9.17) is 4.74 Å². The van der Waals surface area contributed by atoms with Gasteiger partial charge in [0.05, 0.1) is 5.25 Å². The molecule has 4 heteroatoms. The van der Waals surface area contributed by atoms with E-state index in [1.54, 1.807) is 7.11 Å². The lowest BCUT2D eigenvalue weighted by Gasteiger charge is -2.30. The first-order chi connectivity index (χ1) is 6.97. The number of rotatable bonds is 4. The van der Waals surface area contributed by atoms with Crippen molar-refractivity contribution in [1.82, 2.24) is 4.90 Å². The monoisotopic (exact) mass is 231 g/mol. The van der Waals surface area contributed by atoms with Crippen LogP contribution in [0.2, 0.25) is 0 Å². The lowest BCUT2D eigenvalue weighted by molar-refractivity contribution is -0.137. The SMILES string of the molecule is COC1C(SC(C)C)CC(=O)N1C(C)C. The number of methoxy groups -OCH3 is 1. The molecule has 0 N–H and O–H groups in total. The minimum absolute atomic E-state index is 0.0510. The molecule has 0 saturated carbocycles. The number of nitrogens with zero attached hydrogens (tertiary/aromatic N) is 1. The summed E-state index contributed by atoms with van der Waals surface area (Å²) in [5.74, 6) is 0.218. The zero-order valence-corrected chi connectivity index (χ0v) is 11.0. The van der Waals surface area contributed by atoms with Crippen molar-refractivity contribution in [2.24, 2.45) is 0 Å². The van der Waals surface area contributed by atoms with Crippen molar-refractivity contribution in [1.29, 1.82) is 0 Å². The molecule has 15 heavy (non-hydrogen) atoms. The molecule has 0 bridgehead atoms. The summed E-state index contributed by atoms with van der Waals surface area (Å²) in [5.41, 5.74) is 0. The summed E-state index contributed by atoms with van der Waals surface area (Å²) in [6.45, 7) is 8.37. The van der Waals surface area contributed by atoms with Gasteiger partial charge in [0.15, 0.2) is 0 Å². The maximum atomic E-state index is 11.8. The first-order valence-corrected chi connectivity index (χ1v) is 6.41. The predicted molar refractivity (Wildman–Crippen MR) is 63.9 cm³/mol. The van der Waals surface area contributed by atoms with Crippen molar-refractivity contribution in [3.05, 3.63) is 0 Å². The van der Waals surface area contributed by atoms with Gasteiger partial charge in [0.2, 0.25) is 5.91 Å². The van der Waals surface area contributed by atoms with Gasteiger partial charge in [-0.3, -0.25) is 4.79 Å². The molecule has 1 heterocycles. The standard InChI is InChI=1S/C11H21NO2S/c1-7(2)12-10(13)6-9(11(12)14-5)15-8(3)4/h7-9,11H,6H2,1-5H3. The summed E-state index contributed by atoms with van der Waals surface area (Å²) < 4.78 is 5.45. The highest BCUT2D eigenvalue weighted by atomic mass is 32.2. The molecule has 1 fully saturated rings. The van der Waals surface area contributed by atoms with Crippen molar-refractivity contribution in [2.45, 2.75) is 56.9 Å². The van der Waals surface area contributed by atoms with E-state index in [2.05, 4.69) is 13.8 Å². The van der Waals surface area contributed by atoms with E-state index in [1.807, 2.05) is 30.5 Å². The van der Waals surface area contributed by atoms with E-state index >= 15 is 0 Å². The Balaban J connectivity index is 2.73. The van der Waals surface area contributed by atoms with Crippen molar-refractivity contribution in [3.8, 4) is 0 Å². The van der Waals surface area contributed by atoms with Gasteiger partial charge in [-0.05, 0) is 19.1 Å². The Morgan fingerprint density at radius 2 is 2.00 bits per heavy atom. The number of hydrogen-bond donors (Lipinski definition) is 0. The summed E-state index contributed by atoms with van der Waals surface area (Å²) in [4.78, 5) is 13.7. The first kappa shape index (κ1) is 12.8. The largest absolute Gasteiger partial charge is 0.360 e. The van der Waals surface area contributed by atoms with Gasteiger partial charge in [-0.1, -0.05) is 13.8 Å². The Morgan fingerprint density at radius 1 is 1.40 bits per heavy atom. The van der Waals surface area contributed by atoms with Crippen molar-refractivity contribution >= 4 is 17.7 Å². The van der Waals surface area contributed by atoms with Gasteiger partial charge in [-0.25, -0.2) is 0 Å². The van der Waals surface area contributed by atoms with Crippen LogP contribution in [0.25, 0.3) is 0 Å². The third-order valence-corrected chi connectivity index (χ3v) is 3.79. The quantitative estimate of drug-likeness (QED) is 0.742. The minimum atomic E-state index is -0.0510. The van der Waals surface area contributed by atoms with Gasteiger partial charge in [-0.2, -0.15) is 11.8 Å². The number of carbonyl (C=O) groups is 1. The molecule has 1 aliphatic rings. The minimum Gasteiger partial charge on any atom is -0.360 e. The fourth-order valence-electron chi connectivity index (χ4n) is 2.01. The van der Waals surface area contributed by atoms with Crippen LogP contribution in [-0.4, -0.2) is 40.7 Å². The lowest BCUT2D eigenvalue weighted by atomic mass is 10.3. The molecule has 0 aromatic heterocycles. The maximum absolute atomic E-state index is 11.8. The molecule has 0 aliphatic carbocycles. The number of carbonyl (C=O) groups excluding carboxylic acids is 1. The van der Waals surface area contributed by atoms with Crippen LogP contribution in [0.4, 0.5) is 0 Å². The van der Waals surface area contributed by atoms with Crippen LogP contribution in [0.5, 0.6) is 0 Å². The maximum Gasteiger partial charge on any atom is 0.226 e. The summed E-state index contributed by atoms with van der Waals surface area (Å²) in [7, 11) is 1.69. The average Bonchev–Trinajstić information content (AvgIpc) is 2.40. The Labute approximate surface area is 96.5 Å². The van der Waals surface area contributed by atoms with Gasteiger partial charge < -0.3 is 9.64 Å². The second kappa shape index (κ2) is 5.21. The van der Waals surface area contributed by atoms with Gasteiger partial charge in [0, 0.05) is 19.6 Å². The lowest BCUT2D eigenvalue weighted by Crippen LogP contribution is -2.42. The number of thioether (sulfide) groups is 1. The van der Waals surface area contributed by atoms with E-state index in [0.29, 0.717) is 11.7 Å². The molecule has 1 saturated heterocycles. The smallest absolute Gasteiger partial charge is 0.226 e. The molecule has 1 rings (SSSR count). The van der Waals surface area contributed by atoms with Crippen molar-refractivity contribution < 1.29 is 9.53 Å². The molecule has 88 valence electrons. The van der Waals surface area contributed by atoms with E-state index in [0.717, 1.165) is 0 Å². The summed E-state index contributed by atoms with van der Waals surface area (Å²) in [5, 5.41) is 0.817. The highest BCUT2D eigenvalue weighted by Crippen LogP contribution is 2.33. The Morgan fingerprint density at radius 3 is 2.40 bits per heavy atom. The average molecular weight is 231 g/mol. The van der Waals surface area contributed by atoms with Crippen LogP contribution in [0.15, 0.2) is 0 Å². The molecule has 2 atom stereocenters. The predicted octanol–water partition coefficient (Wildman–Crippen LogP) is 2.11. The topological polar surface area (TPSA) is 29.5 Å². The van der Waals surface area contributed by atoms with Gasteiger partial charge in [0.25, 0.3) is 0 Å². The van der Waals surface area contributed by atoms with E-state index in [9.17, 15) is 4.79 Å². The number of hydrogen-bond acceptors (Lipinski definition) is 3. The summed E-state index contributed by atoms with van der Waals surface area (Å²) >= 11 is 1.83. The Bertz CT molecular complexity index is 231. The molecule has 0 aromatic rings. The van der Waals surface area contributed by atoms with Gasteiger partial charge in [-0.15, -0.1) is 0 Å². The number of likely N-dealkylation sites (tertiary alicyclic amines) is 1. The number of ether oxygens (including phenoxy) is 1. The van der Waals surface area contributed by atoms with Crippen molar-refractivity contribution in [3.63, 3.8) is 0 Å². The molecule has 0 spiro atoms. The fraction of sp³-hybridized carbons (Fsp3) is 0.909. The third kappa shape index (κ3) is 2.88. The highest BCUT2D eigenvalue weighted by molar-refractivity contribution is 8.00. The molecule has 0 aromatic carbocycles. The number of amides is 1. The van der Waals surface area contributed by atoms with E-state index in [1.165, 1.54) is 0 Å². The fourth-order valence-corrected chi connectivity index (χ4v) is 3.33. The Kier molecular flexibility index (Phi) is 4.46. The van der Waals surface area contributed by atoms with Crippen molar-refractivity contribution in [2.75, 3.05) is 7.11 Å². The molecule has 1 aliphatic heterocycles. The molecule has 3 nitrogen and oxygen atoms in total. The van der Waals surface area contributed by atoms with E-state index < -0.39 is 0 Å². The second-order valence-electron chi connectivity index (χ2n) is 4.45. The molecule has 0 radical (unpaired) electrons. The molecular formula is C11H21NO2S. The first-order valence-electron chi connectivity index (χ1n) is 5.46. The normalized spacial score (nSPS) is 27.1. The van der Waals surface area contributed by atoms with Crippen LogP contribution >= 0.6 is 11.8 Å². The van der Waals surface area contributed by atoms with Gasteiger partial charge in [0.1, 0.15) is 6.23 Å². The molecule has 1 amide bonds. The van der Waals surface area contributed by atoms with Crippen LogP contribution in [0.3, 0.4) is 0 Å². The zero-order chi connectivity index (χ0) is 11.6. The Hall–Kier alpha value is -0.220. The zero-order valence-electron chi connectivity index (χ0n) is 10.2. The third-order valence-electron chi connectivity index (χ3n) is 2.50. The van der Waals surface area contributed by atoms with Crippen LogP contribution in [0, 0.1) is 0 Å². The van der Waals surface area contributed by atoms with Crippen LogP contribution in [0.1, 0.15) is 34.1 Å². The van der Waals surface area contributed by atoms with Crippen LogP contribution in [-0.2, 0) is 9.53 Å². The summed E-state index contributed by atoms with van der Waals surface area (Å²) in [6.07, 6.45) is 0.560. The van der Waals surface area contributed by atoms with Gasteiger partial charge >= 0.3 is 0 Å². The second-order valence-corrected chi connectivity index (χ2v) is 6.27. The summed E-state index contributed by atoms with van der Waals surface area (Å²) in [6, 6.07) is 0.222. The van der Waals surface area contributed by atoms with Crippen LogP contribution < -0.4 is 0 Å². The van der Waals surface area contributed by atoms with E-state index in [-0.39, 0.29) is 23.4 Å². The molecule has 2 unspecified atom stereocenters. The molecular weight excluding hydrogens is 210 g/mol. The highest BCUT2D eigenvalue weighted by Gasteiger charge is 2.41.